The van der Waals surface area contributed by atoms with Gasteiger partial charge in [-0.05, 0) is 57.5 Å². The number of carbonyl (C=O) groups is 1. The summed E-state index contributed by atoms with van der Waals surface area (Å²) in [6.07, 6.45) is 3.50. The third-order valence-corrected chi connectivity index (χ3v) is 4.62. The monoisotopic (exact) mass is 461 g/mol. The Kier molecular flexibility index (Phi) is 6.46. The zero-order valence-corrected chi connectivity index (χ0v) is 16.1. The highest BCUT2D eigenvalue weighted by Crippen LogP contribution is 2.19. The summed E-state index contributed by atoms with van der Waals surface area (Å²) < 4.78 is 20.5. The molecule has 5 heteroatoms. The van der Waals surface area contributed by atoms with E-state index in [-0.39, 0.29) is 18.2 Å². The molecule has 132 valence electrons. The Balaban J connectivity index is 1.69. The Labute approximate surface area is 165 Å². The minimum Gasteiger partial charge on any atom is -0.369 e. The molecule has 1 heterocycles. The largest absolute Gasteiger partial charge is 0.369 e. The van der Waals surface area contributed by atoms with Crippen LogP contribution in [-0.2, 0) is 17.8 Å². The zero-order chi connectivity index (χ0) is 18.4. The molecule has 3 nitrogen and oxygen atoms in total. The SMILES string of the molecule is O=C(COCc1ccccc1)c1ccncc1Cc1ccc(I)cc1F. The van der Waals surface area contributed by atoms with Gasteiger partial charge in [0.05, 0.1) is 6.61 Å². The quantitative estimate of drug-likeness (QED) is 0.375. The Bertz CT molecular complexity index is 900. The summed E-state index contributed by atoms with van der Waals surface area (Å²) in [4.78, 5) is 16.6. The van der Waals surface area contributed by atoms with Crippen molar-refractivity contribution in [1.82, 2.24) is 4.98 Å². The van der Waals surface area contributed by atoms with E-state index in [0.29, 0.717) is 29.7 Å². The number of nitrogens with zero attached hydrogens (tertiary/aromatic N) is 1. The van der Waals surface area contributed by atoms with E-state index in [1.54, 1.807) is 24.5 Å². The molecule has 0 bridgehead atoms. The molecule has 0 N–H and O–H groups in total. The van der Waals surface area contributed by atoms with E-state index >= 15 is 0 Å². The number of hydrogen-bond donors (Lipinski definition) is 0. The summed E-state index contributed by atoms with van der Waals surface area (Å²) in [6, 6.07) is 16.4. The third kappa shape index (κ3) is 4.95. The molecule has 1 aromatic heterocycles. The van der Waals surface area contributed by atoms with E-state index in [0.717, 1.165) is 9.13 Å². The van der Waals surface area contributed by atoms with Crippen molar-refractivity contribution < 1.29 is 13.9 Å². The summed E-state index contributed by atoms with van der Waals surface area (Å²) in [5.74, 6) is -0.413. The first-order chi connectivity index (χ1) is 12.6. The Morgan fingerprint density at radius 1 is 1.08 bits per heavy atom. The number of pyridine rings is 1. The van der Waals surface area contributed by atoms with Crippen molar-refractivity contribution >= 4 is 28.4 Å². The highest BCUT2D eigenvalue weighted by atomic mass is 127. The molecule has 3 rings (SSSR count). The van der Waals surface area contributed by atoms with Gasteiger partial charge in [0.1, 0.15) is 12.4 Å². The lowest BCUT2D eigenvalue weighted by molar-refractivity contribution is 0.0725. The normalized spacial score (nSPS) is 10.7. The molecule has 0 unspecified atom stereocenters. The number of carbonyl (C=O) groups excluding carboxylic acids is 1. The summed E-state index contributed by atoms with van der Waals surface area (Å²) in [7, 11) is 0. The molecule has 0 spiro atoms. The number of aromatic nitrogens is 1. The molecule has 0 atom stereocenters. The molecule has 26 heavy (non-hydrogen) atoms. The van der Waals surface area contributed by atoms with Gasteiger partial charge in [0.2, 0.25) is 0 Å². The fourth-order valence-corrected chi connectivity index (χ4v) is 3.08. The Morgan fingerprint density at radius 3 is 2.65 bits per heavy atom. The van der Waals surface area contributed by atoms with Crippen molar-refractivity contribution in [3.8, 4) is 0 Å². The van der Waals surface area contributed by atoms with Crippen LogP contribution in [0.5, 0.6) is 0 Å². The summed E-state index contributed by atoms with van der Waals surface area (Å²) in [5.41, 5.74) is 2.76. The van der Waals surface area contributed by atoms with Crippen LogP contribution in [0.25, 0.3) is 0 Å². The third-order valence-electron chi connectivity index (χ3n) is 3.94. The van der Waals surface area contributed by atoms with Crippen molar-refractivity contribution in [3.05, 3.63) is 98.6 Å². The minimum absolute atomic E-state index is 0.0267. The van der Waals surface area contributed by atoms with Crippen LogP contribution in [0.15, 0.2) is 67.0 Å². The summed E-state index contributed by atoms with van der Waals surface area (Å²) >= 11 is 2.07. The van der Waals surface area contributed by atoms with Gasteiger partial charge >= 0.3 is 0 Å². The number of ketones is 1. The van der Waals surface area contributed by atoms with Crippen LogP contribution in [0.1, 0.15) is 27.0 Å². The predicted octanol–water partition coefficient (Wildman–Crippen LogP) is 4.82. The Morgan fingerprint density at radius 2 is 1.88 bits per heavy atom. The van der Waals surface area contributed by atoms with E-state index in [2.05, 4.69) is 27.6 Å². The molecule has 0 amide bonds. The molecule has 0 radical (unpaired) electrons. The number of ether oxygens (including phenoxy) is 1. The maximum absolute atomic E-state index is 14.1. The van der Waals surface area contributed by atoms with Gasteiger partial charge in [0.15, 0.2) is 5.78 Å². The first-order valence-corrected chi connectivity index (χ1v) is 9.23. The fraction of sp³-hybridized carbons (Fsp3) is 0.143. The van der Waals surface area contributed by atoms with Gasteiger partial charge in [-0.3, -0.25) is 9.78 Å². The van der Waals surface area contributed by atoms with E-state index in [4.69, 9.17) is 4.74 Å². The van der Waals surface area contributed by atoms with Crippen molar-refractivity contribution in [1.29, 1.82) is 0 Å². The first kappa shape index (κ1) is 18.7. The van der Waals surface area contributed by atoms with Crippen molar-refractivity contribution in [3.63, 3.8) is 0 Å². The molecule has 0 fully saturated rings. The van der Waals surface area contributed by atoms with Crippen LogP contribution in [0.4, 0.5) is 4.39 Å². The molecule has 2 aromatic carbocycles. The number of rotatable bonds is 7. The first-order valence-electron chi connectivity index (χ1n) is 8.15. The highest BCUT2D eigenvalue weighted by Gasteiger charge is 2.14. The lowest BCUT2D eigenvalue weighted by Crippen LogP contribution is -2.12. The van der Waals surface area contributed by atoms with E-state index in [9.17, 15) is 9.18 Å². The molecular weight excluding hydrogens is 444 g/mol. The van der Waals surface area contributed by atoms with Gasteiger partial charge in [-0.1, -0.05) is 36.4 Å². The smallest absolute Gasteiger partial charge is 0.188 e. The van der Waals surface area contributed by atoms with E-state index in [1.807, 2.05) is 36.4 Å². The minimum atomic E-state index is -0.278. The second-order valence-electron chi connectivity index (χ2n) is 5.85. The standard InChI is InChI=1S/C21H17FINO2/c22-20-11-18(23)7-6-16(20)10-17-12-24-9-8-19(17)21(25)14-26-13-15-4-2-1-3-5-15/h1-9,11-12H,10,13-14H2. The lowest BCUT2D eigenvalue weighted by atomic mass is 9.99. The molecule has 0 saturated heterocycles. The van der Waals surface area contributed by atoms with Crippen molar-refractivity contribution in [2.24, 2.45) is 0 Å². The van der Waals surface area contributed by atoms with Gasteiger partial charge in [0.25, 0.3) is 0 Å². The lowest BCUT2D eigenvalue weighted by Gasteiger charge is -2.10. The van der Waals surface area contributed by atoms with E-state index in [1.165, 1.54) is 6.07 Å². The molecule has 0 aliphatic carbocycles. The molecule has 3 aromatic rings. The van der Waals surface area contributed by atoms with Crippen molar-refractivity contribution in [2.75, 3.05) is 6.61 Å². The second kappa shape index (κ2) is 9.00. The van der Waals surface area contributed by atoms with Crippen LogP contribution in [0.3, 0.4) is 0 Å². The second-order valence-corrected chi connectivity index (χ2v) is 7.09. The molecular formula is C21H17FINO2. The van der Waals surface area contributed by atoms with Gasteiger partial charge in [-0.2, -0.15) is 0 Å². The van der Waals surface area contributed by atoms with Gasteiger partial charge in [-0.25, -0.2) is 4.39 Å². The van der Waals surface area contributed by atoms with Crippen LogP contribution in [-0.4, -0.2) is 17.4 Å². The topological polar surface area (TPSA) is 39.2 Å². The number of hydrogen-bond acceptors (Lipinski definition) is 3. The molecule has 0 aliphatic heterocycles. The zero-order valence-electron chi connectivity index (χ0n) is 14.0. The number of benzene rings is 2. The van der Waals surface area contributed by atoms with Crippen molar-refractivity contribution in [2.45, 2.75) is 13.0 Å². The van der Waals surface area contributed by atoms with Crippen LogP contribution >= 0.6 is 22.6 Å². The fourth-order valence-electron chi connectivity index (χ4n) is 2.62. The molecule has 0 saturated carbocycles. The van der Waals surface area contributed by atoms with Gasteiger partial charge in [-0.15, -0.1) is 0 Å². The number of halogens is 2. The maximum atomic E-state index is 14.1. The van der Waals surface area contributed by atoms with Crippen LogP contribution in [0, 0.1) is 9.39 Å². The van der Waals surface area contributed by atoms with Crippen LogP contribution in [0.2, 0.25) is 0 Å². The molecule has 0 aliphatic rings. The van der Waals surface area contributed by atoms with Crippen LogP contribution < -0.4 is 0 Å². The summed E-state index contributed by atoms with van der Waals surface area (Å²) in [6.45, 7) is 0.347. The van der Waals surface area contributed by atoms with Gasteiger partial charge < -0.3 is 4.74 Å². The Hall–Kier alpha value is -2.12. The highest BCUT2D eigenvalue weighted by molar-refractivity contribution is 14.1. The summed E-state index contributed by atoms with van der Waals surface area (Å²) in [5, 5.41) is 0. The maximum Gasteiger partial charge on any atom is 0.188 e. The van der Waals surface area contributed by atoms with E-state index < -0.39 is 0 Å². The van der Waals surface area contributed by atoms with Gasteiger partial charge in [0, 0.05) is 27.9 Å². The predicted molar refractivity (Wildman–Crippen MR) is 107 cm³/mol. The number of Topliss-reactive ketones (excluding diaryl/α,β-unsaturated/α-hetero) is 1. The average Bonchev–Trinajstić information content (AvgIpc) is 2.65. The average molecular weight is 461 g/mol.